The minimum Gasteiger partial charge on any atom is -0.495 e. The highest BCUT2D eigenvalue weighted by molar-refractivity contribution is 7.89. The van der Waals surface area contributed by atoms with E-state index < -0.39 is 15.9 Å². The molecule has 1 N–H and O–H groups in total. The van der Waals surface area contributed by atoms with Crippen LogP contribution in [-0.2, 0) is 32.6 Å². The summed E-state index contributed by atoms with van der Waals surface area (Å²) in [6.07, 6.45) is 0.779. The van der Waals surface area contributed by atoms with Crippen molar-refractivity contribution in [2.24, 2.45) is 0 Å². The number of carbonyl (C=O) groups excluding carboxylic acids is 1. The number of methoxy groups -OCH3 is 1. The molecule has 0 aliphatic carbocycles. The van der Waals surface area contributed by atoms with E-state index in [1.165, 1.54) is 34.2 Å². The van der Waals surface area contributed by atoms with Gasteiger partial charge < -0.3 is 14.8 Å². The highest BCUT2D eigenvalue weighted by atomic mass is 32.2. The van der Waals surface area contributed by atoms with Crippen molar-refractivity contribution in [3.63, 3.8) is 0 Å². The van der Waals surface area contributed by atoms with Gasteiger partial charge in [-0.15, -0.1) is 0 Å². The van der Waals surface area contributed by atoms with Gasteiger partial charge in [-0.2, -0.15) is 4.31 Å². The predicted octanol–water partition coefficient (Wildman–Crippen LogP) is 1.88. The number of benzene rings is 2. The third-order valence-corrected chi connectivity index (χ3v) is 7.62. The molecule has 0 unspecified atom stereocenters. The first kappa shape index (κ1) is 24.0. The third kappa shape index (κ3) is 4.59. The Bertz CT molecular complexity index is 1360. The second-order valence-corrected chi connectivity index (χ2v) is 9.87. The lowest BCUT2D eigenvalue weighted by atomic mass is 10.3. The summed E-state index contributed by atoms with van der Waals surface area (Å²) in [6.45, 7) is 3.50. The van der Waals surface area contributed by atoms with Crippen LogP contribution in [0.2, 0.25) is 0 Å². The molecule has 1 fully saturated rings. The summed E-state index contributed by atoms with van der Waals surface area (Å²) in [5.74, 6) is -0.157. The fraction of sp³-hybridized carbons (Fsp3) is 0.391. The normalized spacial score (nSPS) is 14.9. The molecular weight excluding hydrogens is 460 g/mol. The smallest absolute Gasteiger partial charge is 0.329 e. The molecule has 1 saturated heterocycles. The molecule has 1 aliphatic rings. The van der Waals surface area contributed by atoms with E-state index >= 15 is 0 Å². The summed E-state index contributed by atoms with van der Waals surface area (Å²) >= 11 is 0. The first-order chi connectivity index (χ1) is 16.4. The van der Waals surface area contributed by atoms with Gasteiger partial charge >= 0.3 is 5.69 Å². The lowest BCUT2D eigenvalue weighted by Gasteiger charge is -2.26. The number of aryl methyl sites for hydroxylation is 1. The van der Waals surface area contributed by atoms with Crippen LogP contribution in [0.1, 0.15) is 13.3 Å². The minimum atomic E-state index is -3.75. The van der Waals surface area contributed by atoms with E-state index in [4.69, 9.17) is 9.47 Å². The molecule has 0 atom stereocenters. The monoisotopic (exact) mass is 488 g/mol. The number of para-hydroxylation sites is 2. The molecule has 4 rings (SSSR count). The van der Waals surface area contributed by atoms with Gasteiger partial charge in [0.1, 0.15) is 12.3 Å². The van der Waals surface area contributed by atoms with Crippen LogP contribution < -0.4 is 15.7 Å². The largest absolute Gasteiger partial charge is 0.495 e. The van der Waals surface area contributed by atoms with Crippen molar-refractivity contribution in [1.82, 2.24) is 13.4 Å². The van der Waals surface area contributed by atoms with Crippen LogP contribution >= 0.6 is 0 Å². The average molecular weight is 489 g/mol. The molecule has 10 nitrogen and oxygen atoms in total. The summed E-state index contributed by atoms with van der Waals surface area (Å²) < 4.78 is 41.1. The number of carbonyl (C=O) groups is 1. The molecule has 0 radical (unpaired) electrons. The van der Waals surface area contributed by atoms with E-state index in [9.17, 15) is 18.0 Å². The van der Waals surface area contributed by atoms with E-state index in [0.29, 0.717) is 31.0 Å². The standard InChI is InChI=1S/C23H28N4O6S/c1-3-10-26-19-6-4-5-7-20(19)27(23(26)29)16-22(28)24-18-15-17(8-9-21(18)32-2)34(30,31)25-11-13-33-14-12-25/h4-9,15H,3,10-14,16H2,1-2H3,(H,24,28). The Kier molecular flexibility index (Phi) is 7.05. The van der Waals surface area contributed by atoms with E-state index in [0.717, 1.165) is 11.9 Å². The molecule has 1 aliphatic heterocycles. The summed E-state index contributed by atoms with van der Waals surface area (Å²) in [5, 5.41) is 2.72. The number of aromatic nitrogens is 2. The average Bonchev–Trinajstić information content (AvgIpc) is 3.10. The number of amides is 1. The predicted molar refractivity (Wildman–Crippen MR) is 128 cm³/mol. The number of fused-ring (bicyclic) bond motifs is 1. The Hall–Kier alpha value is -3.15. The molecule has 0 bridgehead atoms. The molecule has 2 heterocycles. The number of nitrogens with one attached hydrogen (secondary N) is 1. The zero-order valence-corrected chi connectivity index (χ0v) is 20.0. The lowest BCUT2D eigenvalue weighted by Crippen LogP contribution is -2.40. The van der Waals surface area contributed by atoms with Crippen LogP contribution in [-0.4, -0.2) is 61.2 Å². The molecule has 182 valence electrons. The van der Waals surface area contributed by atoms with Crippen LogP contribution in [0.15, 0.2) is 52.2 Å². The fourth-order valence-electron chi connectivity index (χ4n) is 4.08. The van der Waals surface area contributed by atoms with E-state index in [1.54, 1.807) is 10.6 Å². The Balaban J connectivity index is 1.62. The van der Waals surface area contributed by atoms with Crippen molar-refractivity contribution in [1.29, 1.82) is 0 Å². The molecular formula is C23H28N4O6S. The van der Waals surface area contributed by atoms with Gasteiger partial charge in [0, 0.05) is 19.6 Å². The summed E-state index contributed by atoms with van der Waals surface area (Å²) in [5.41, 5.74) is 1.37. The van der Waals surface area contributed by atoms with Gasteiger partial charge in [0.15, 0.2) is 0 Å². The lowest BCUT2D eigenvalue weighted by molar-refractivity contribution is -0.116. The fourth-order valence-corrected chi connectivity index (χ4v) is 5.51. The minimum absolute atomic E-state index is 0.0437. The zero-order chi connectivity index (χ0) is 24.3. The van der Waals surface area contributed by atoms with Gasteiger partial charge in [-0.3, -0.25) is 13.9 Å². The van der Waals surface area contributed by atoms with Gasteiger partial charge in [0.25, 0.3) is 0 Å². The molecule has 2 aromatic carbocycles. The zero-order valence-electron chi connectivity index (χ0n) is 19.2. The Morgan fingerprint density at radius 3 is 2.41 bits per heavy atom. The van der Waals surface area contributed by atoms with Crippen LogP contribution in [0.5, 0.6) is 5.75 Å². The first-order valence-electron chi connectivity index (χ1n) is 11.1. The van der Waals surface area contributed by atoms with Crippen molar-refractivity contribution in [2.45, 2.75) is 31.3 Å². The maximum Gasteiger partial charge on any atom is 0.329 e. The number of anilines is 1. The Labute approximate surface area is 197 Å². The van der Waals surface area contributed by atoms with Crippen molar-refractivity contribution in [3.05, 3.63) is 52.9 Å². The van der Waals surface area contributed by atoms with Crippen molar-refractivity contribution in [2.75, 3.05) is 38.7 Å². The summed E-state index contributed by atoms with van der Waals surface area (Å²) in [7, 11) is -2.32. The number of rotatable bonds is 8. The highest BCUT2D eigenvalue weighted by Gasteiger charge is 2.27. The first-order valence-corrected chi connectivity index (χ1v) is 12.5. The second kappa shape index (κ2) is 10.00. The van der Waals surface area contributed by atoms with Gasteiger partial charge in [-0.05, 0) is 36.8 Å². The number of imidazole rings is 1. The van der Waals surface area contributed by atoms with Crippen LogP contribution in [0, 0.1) is 0 Å². The van der Waals surface area contributed by atoms with Crippen molar-refractivity contribution in [3.8, 4) is 5.75 Å². The van der Waals surface area contributed by atoms with Gasteiger partial charge in [0.05, 0.1) is 41.9 Å². The van der Waals surface area contributed by atoms with Crippen molar-refractivity contribution >= 4 is 32.7 Å². The highest BCUT2D eigenvalue weighted by Crippen LogP contribution is 2.29. The maximum atomic E-state index is 13.0. The number of ether oxygens (including phenoxy) is 2. The second-order valence-electron chi connectivity index (χ2n) is 7.94. The van der Waals surface area contributed by atoms with Crippen LogP contribution in [0.4, 0.5) is 5.69 Å². The number of nitrogens with zero attached hydrogens (tertiary/aromatic N) is 3. The Morgan fingerprint density at radius 1 is 1.09 bits per heavy atom. The van der Waals surface area contributed by atoms with E-state index in [-0.39, 0.29) is 35.9 Å². The molecule has 34 heavy (non-hydrogen) atoms. The maximum absolute atomic E-state index is 13.0. The summed E-state index contributed by atoms with van der Waals surface area (Å²) in [6, 6.07) is 11.6. The Morgan fingerprint density at radius 2 is 1.76 bits per heavy atom. The quantitative estimate of drug-likeness (QED) is 0.518. The third-order valence-electron chi connectivity index (χ3n) is 5.73. The molecule has 3 aromatic rings. The van der Waals surface area contributed by atoms with Crippen LogP contribution in [0.3, 0.4) is 0 Å². The van der Waals surface area contributed by atoms with E-state index in [2.05, 4.69) is 5.32 Å². The SMILES string of the molecule is CCCn1c(=O)n(CC(=O)Nc2cc(S(=O)(=O)N3CCOCC3)ccc2OC)c2ccccc21. The summed E-state index contributed by atoms with van der Waals surface area (Å²) in [4.78, 5) is 26.0. The van der Waals surface area contributed by atoms with Gasteiger partial charge in [-0.25, -0.2) is 13.2 Å². The number of morpholine rings is 1. The molecule has 0 spiro atoms. The topological polar surface area (TPSA) is 112 Å². The molecule has 0 saturated carbocycles. The number of hydrogen-bond donors (Lipinski definition) is 1. The van der Waals surface area contributed by atoms with Crippen LogP contribution in [0.25, 0.3) is 11.0 Å². The van der Waals surface area contributed by atoms with Gasteiger partial charge in [-0.1, -0.05) is 19.1 Å². The molecule has 1 aromatic heterocycles. The molecule has 11 heteroatoms. The number of sulfonamides is 1. The van der Waals surface area contributed by atoms with Gasteiger partial charge in [0.2, 0.25) is 15.9 Å². The molecule has 1 amide bonds. The van der Waals surface area contributed by atoms with E-state index in [1.807, 2.05) is 25.1 Å². The van der Waals surface area contributed by atoms with Crippen molar-refractivity contribution < 1.29 is 22.7 Å². The number of hydrogen-bond acceptors (Lipinski definition) is 6.